The Morgan fingerprint density at radius 3 is 2.50 bits per heavy atom. The summed E-state index contributed by atoms with van der Waals surface area (Å²) in [4.78, 5) is 0.630. The van der Waals surface area contributed by atoms with Crippen LogP contribution in [-0.4, -0.2) is 20.5 Å². The number of sulfonamides is 1. The number of benzene rings is 1. The van der Waals surface area contributed by atoms with Crippen LogP contribution in [0.4, 0.5) is 10.1 Å². The van der Waals surface area contributed by atoms with E-state index in [-0.39, 0.29) is 14.9 Å². The monoisotopic (exact) mass is 330 g/mol. The summed E-state index contributed by atoms with van der Waals surface area (Å²) in [6.07, 6.45) is 0. The number of halogens is 1. The Kier molecular flexibility index (Phi) is 4.07. The zero-order valence-corrected chi connectivity index (χ0v) is 12.9. The lowest BCUT2D eigenvalue weighted by Gasteiger charge is -2.18. The molecule has 2 rings (SSSR count). The first kappa shape index (κ1) is 14.9. The molecule has 4 nitrogen and oxygen atoms in total. The second-order valence-electron chi connectivity index (χ2n) is 3.91. The Bertz CT molecular complexity index is 756. The standard InChI is InChI=1S/C12H11FN2O2S3/c1-15(9-5-3-2-4-8(9)13)20(16,17)11-7-6-10(19-11)12(14)18/h2-7H,1H3,(H2,14,18). The lowest BCUT2D eigenvalue weighted by molar-refractivity contribution is 0.591. The SMILES string of the molecule is CN(c1ccccc1F)S(=O)(=O)c1ccc(C(N)=S)s1. The van der Waals surface area contributed by atoms with Crippen LogP contribution in [-0.2, 0) is 10.0 Å². The number of nitrogens with zero attached hydrogens (tertiary/aromatic N) is 1. The molecule has 1 aromatic carbocycles. The van der Waals surface area contributed by atoms with E-state index in [9.17, 15) is 12.8 Å². The van der Waals surface area contributed by atoms with Crippen LogP contribution in [0.2, 0.25) is 0 Å². The van der Waals surface area contributed by atoms with E-state index in [2.05, 4.69) is 0 Å². The van der Waals surface area contributed by atoms with Gasteiger partial charge in [0.2, 0.25) is 0 Å². The minimum Gasteiger partial charge on any atom is -0.389 e. The van der Waals surface area contributed by atoms with Gasteiger partial charge in [-0.2, -0.15) is 0 Å². The number of anilines is 1. The number of nitrogens with two attached hydrogens (primary N) is 1. The Labute approximate surface area is 125 Å². The molecule has 1 aromatic heterocycles. The van der Waals surface area contributed by atoms with Crippen LogP contribution >= 0.6 is 23.6 Å². The summed E-state index contributed by atoms with van der Waals surface area (Å²) >= 11 is 5.76. The van der Waals surface area contributed by atoms with E-state index < -0.39 is 15.8 Å². The average Bonchev–Trinajstić information content (AvgIpc) is 2.89. The number of thiophene rings is 1. The summed E-state index contributed by atoms with van der Waals surface area (Å²) in [6.45, 7) is 0. The van der Waals surface area contributed by atoms with Gasteiger partial charge < -0.3 is 5.73 Å². The average molecular weight is 330 g/mol. The highest BCUT2D eigenvalue weighted by Crippen LogP contribution is 2.28. The van der Waals surface area contributed by atoms with Gasteiger partial charge in [0, 0.05) is 7.05 Å². The van der Waals surface area contributed by atoms with Gasteiger partial charge in [-0.25, -0.2) is 12.8 Å². The summed E-state index contributed by atoms with van der Waals surface area (Å²) in [5, 5.41) is 0. The highest BCUT2D eigenvalue weighted by molar-refractivity contribution is 7.94. The summed E-state index contributed by atoms with van der Waals surface area (Å²) in [5.41, 5.74) is 5.44. The van der Waals surface area contributed by atoms with Gasteiger partial charge >= 0.3 is 0 Å². The van der Waals surface area contributed by atoms with E-state index in [1.165, 1.54) is 37.4 Å². The maximum absolute atomic E-state index is 13.7. The largest absolute Gasteiger partial charge is 0.389 e. The first-order valence-electron chi connectivity index (χ1n) is 5.47. The number of thiocarbonyl (C=S) groups is 1. The van der Waals surface area contributed by atoms with Gasteiger partial charge in [0.25, 0.3) is 10.0 Å². The van der Waals surface area contributed by atoms with E-state index in [0.29, 0.717) is 4.88 Å². The summed E-state index contributed by atoms with van der Waals surface area (Å²) in [6, 6.07) is 8.61. The molecule has 2 N–H and O–H groups in total. The molecule has 0 amide bonds. The number of hydrogen-bond donors (Lipinski definition) is 1. The quantitative estimate of drug-likeness (QED) is 0.874. The fourth-order valence-electron chi connectivity index (χ4n) is 1.56. The maximum atomic E-state index is 13.7. The fourth-order valence-corrected chi connectivity index (χ4v) is 4.29. The van der Waals surface area contributed by atoms with Crippen molar-refractivity contribution in [2.24, 2.45) is 5.73 Å². The zero-order chi connectivity index (χ0) is 14.9. The fraction of sp³-hybridized carbons (Fsp3) is 0.0833. The first-order chi connectivity index (χ1) is 9.34. The van der Waals surface area contributed by atoms with Crippen molar-refractivity contribution in [2.45, 2.75) is 4.21 Å². The van der Waals surface area contributed by atoms with Crippen LogP contribution in [0.25, 0.3) is 0 Å². The van der Waals surface area contributed by atoms with Crippen molar-refractivity contribution in [1.29, 1.82) is 0 Å². The van der Waals surface area contributed by atoms with Gasteiger partial charge in [0.1, 0.15) is 15.0 Å². The van der Waals surface area contributed by atoms with Crippen molar-refractivity contribution in [1.82, 2.24) is 0 Å². The second kappa shape index (κ2) is 5.47. The molecule has 0 saturated heterocycles. The van der Waals surface area contributed by atoms with Gasteiger partial charge in [-0.3, -0.25) is 4.31 Å². The zero-order valence-electron chi connectivity index (χ0n) is 10.4. The molecular formula is C12H11FN2O2S3. The van der Waals surface area contributed by atoms with Crippen LogP contribution < -0.4 is 10.0 Å². The molecule has 106 valence electrons. The lowest BCUT2D eigenvalue weighted by atomic mass is 10.3. The molecule has 20 heavy (non-hydrogen) atoms. The minimum atomic E-state index is -3.83. The normalized spacial score (nSPS) is 11.3. The Hall–Kier alpha value is -1.51. The lowest BCUT2D eigenvalue weighted by Crippen LogP contribution is -2.26. The third-order valence-corrected chi connectivity index (χ3v) is 6.34. The predicted octanol–water partition coefficient (Wildman–Crippen LogP) is 2.35. The van der Waals surface area contributed by atoms with E-state index in [1.807, 2.05) is 0 Å². The van der Waals surface area contributed by atoms with E-state index in [1.54, 1.807) is 6.07 Å². The van der Waals surface area contributed by atoms with Crippen molar-refractivity contribution in [3.05, 3.63) is 47.1 Å². The van der Waals surface area contributed by atoms with Gasteiger partial charge in [0.15, 0.2) is 0 Å². The summed E-state index contributed by atoms with van der Waals surface area (Å²) < 4.78 is 39.5. The molecule has 0 radical (unpaired) electrons. The number of rotatable bonds is 4. The van der Waals surface area contributed by atoms with E-state index in [0.717, 1.165) is 15.6 Å². The molecule has 0 aliphatic rings. The molecule has 0 atom stereocenters. The number of para-hydroxylation sites is 1. The maximum Gasteiger partial charge on any atom is 0.273 e. The van der Waals surface area contributed by atoms with Crippen LogP contribution in [0.5, 0.6) is 0 Å². The van der Waals surface area contributed by atoms with Gasteiger partial charge in [-0.05, 0) is 24.3 Å². The Morgan fingerprint density at radius 1 is 1.30 bits per heavy atom. The molecule has 1 heterocycles. The third kappa shape index (κ3) is 2.67. The molecule has 2 aromatic rings. The van der Waals surface area contributed by atoms with Crippen molar-refractivity contribution >= 4 is 44.3 Å². The van der Waals surface area contributed by atoms with Crippen molar-refractivity contribution in [3.63, 3.8) is 0 Å². The van der Waals surface area contributed by atoms with Crippen molar-refractivity contribution in [3.8, 4) is 0 Å². The highest BCUT2D eigenvalue weighted by atomic mass is 32.2. The topological polar surface area (TPSA) is 63.4 Å². The third-order valence-electron chi connectivity index (χ3n) is 2.63. The highest BCUT2D eigenvalue weighted by Gasteiger charge is 2.25. The van der Waals surface area contributed by atoms with Crippen LogP contribution in [0, 0.1) is 5.82 Å². The van der Waals surface area contributed by atoms with Crippen LogP contribution in [0.1, 0.15) is 4.88 Å². The Balaban J connectivity index is 2.44. The predicted molar refractivity (Wildman–Crippen MR) is 82.2 cm³/mol. The summed E-state index contributed by atoms with van der Waals surface area (Å²) in [7, 11) is -2.53. The molecule has 0 saturated carbocycles. The van der Waals surface area contributed by atoms with E-state index in [4.69, 9.17) is 18.0 Å². The summed E-state index contributed by atoms with van der Waals surface area (Å²) in [5.74, 6) is -0.607. The van der Waals surface area contributed by atoms with Crippen LogP contribution in [0.15, 0.2) is 40.6 Å². The Morgan fingerprint density at radius 2 is 1.95 bits per heavy atom. The molecule has 0 aliphatic heterocycles. The van der Waals surface area contributed by atoms with E-state index >= 15 is 0 Å². The van der Waals surface area contributed by atoms with Gasteiger partial charge in [-0.15, -0.1) is 11.3 Å². The van der Waals surface area contributed by atoms with Gasteiger partial charge in [-0.1, -0.05) is 24.4 Å². The molecule has 0 bridgehead atoms. The number of hydrogen-bond acceptors (Lipinski definition) is 4. The molecule has 0 fully saturated rings. The van der Waals surface area contributed by atoms with Crippen molar-refractivity contribution < 1.29 is 12.8 Å². The molecule has 8 heteroatoms. The molecule has 0 aliphatic carbocycles. The second-order valence-corrected chi connectivity index (χ2v) is 7.63. The molecule has 0 unspecified atom stereocenters. The smallest absolute Gasteiger partial charge is 0.273 e. The van der Waals surface area contributed by atoms with Crippen LogP contribution in [0.3, 0.4) is 0 Å². The van der Waals surface area contributed by atoms with Gasteiger partial charge in [0.05, 0.1) is 10.6 Å². The molecular weight excluding hydrogens is 319 g/mol. The van der Waals surface area contributed by atoms with Crippen molar-refractivity contribution in [2.75, 3.05) is 11.4 Å². The minimum absolute atomic E-state index is 0.0159. The first-order valence-corrected chi connectivity index (χ1v) is 8.13. The molecule has 0 spiro atoms.